The van der Waals surface area contributed by atoms with E-state index in [2.05, 4.69) is 15.3 Å². The van der Waals surface area contributed by atoms with E-state index >= 15 is 0 Å². The number of amides is 1. The van der Waals surface area contributed by atoms with Crippen LogP contribution in [0.5, 0.6) is 0 Å². The molecular formula is C13H17N3O3S2. The third kappa shape index (κ3) is 3.92. The second-order valence-electron chi connectivity index (χ2n) is 4.63. The number of aromatic nitrogens is 2. The molecular weight excluding hydrogens is 310 g/mol. The van der Waals surface area contributed by atoms with E-state index in [4.69, 9.17) is 0 Å². The molecule has 8 heteroatoms. The summed E-state index contributed by atoms with van der Waals surface area (Å²) in [5, 5.41) is 4.43. The van der Waals surface area contributed by atoms with Gasteiger partial charge in [-0.05, 0) is 24.8 Å². The van der Waals surface area contributed by atoms with Crippen molar-refractivity contribution in [3.05, 3.63) is 34.3 Å². The van der Waals surface area contributed by atoms with Gasteiger partial charge in [-0.3, -0.25) is 4.79 Å². The van der Waals surface area contributed by atoms with Crippen molar-refractivity contribution >= 4 is 27.1 Å². The van der Waals surface area contributed by atoms with Gasteiger partial charge in [-0.1, -0.05) is 13.0 Å². The minimum atomic E-state index is -3.74. The molecule has 0 bridgehead atoms. The molecule has 0 unspecified atom stereocenters. The molecule has 0 radical (unpaired) electrons. The maximum absolute atomic E-state index is 12.1. The molecule has 114 valence electrons. The van der Waals surface area contributed by atoms with Crippen molar-refractivity contribution in [1.82, 2.24) is 15.3 Å². The summed E-state index contributed by atoms with van der Waals surface area (Å²) < 4.78 is 24.2. The Labute approximate surface area is 127 Å². The highest BCUT2D eigenvalue weighted by Crippen LogP contribution is 2.18. The molecule has 1 atom stereocenters. The molecule has 0 aliphatic heterocycles. The molecule has 21 heavy (non-hydrogen) atoms. The first-order valence-corrected chi connectivity index (χ1v) is 9.05. The van der Waals surface area contributed by atoms with Crippen molar-refractivity contribution in [2.75, 3.05) is 5.75 Å². The van der Waals surface area contributed by atoms with Crippen LogP contribution in [0.4, 0.5) is 0 Å². The van der Waals surface area contributed by atoms with Gasteiger partial charge in [0.25, 0.3) is 0 Å². The predicted octanol–water partition coefficient (Wildman–Crippen LogP) is 1.68. The van der Waals surface area contributed by atoms with Gasteiger partial charge in [-0.25, -0.2) is 13.4 Å². The number of H-pyrrole nitrogens is 1. The number of carbonyl (C=O) groups excluding carboxylic acids is 1. The fourth-order valence-electron chi connectivity index (χ4n) is 1.81. The lowest BCUT2D eigenvalue weighted by Gasteiger charge is -2.11. The van der Waals surface area contributed by atoms with Gasteiger partial charge in [0.05, 0.1) is 6.04 Å². The zero-order valence-electron chi connectivity index (χ0n) is 11.8. The minimum absolute atomic E-state index is 0.154. The fraction of sp³-hybridized carbons (Fsp3) is 0.385. The molecule has 0 aromatic carbocycles. The highest BCUT2D eigenvalue weighted by molar-refractivity contribution is 7.91. The van der Waals surface area contributed by atoms with Crippen LogP contribution < -0.4 is 5.32 Å². The summed E-state index contributed by atoms with van der Waals surface area (Å²) >= 11 is 1.51. The van der Waals surface area contributed by atoms with Crippen LogP contribution in [0.25, 0.3) is 0 Å². The van der Waals surface area contributed by atoms with Gasteiger partial charge in [0.2, 0.25) is 20.9 Å². The SMILES string of the molecule is CCc1cnc(S(=O)(=O)CC(=O)N[C@@H](C)c2cccs2)[nH]1. The summed E-state index contributed by atoms with van der Waals surface area (Å²) in [4.78, 5) is 19.4. The average molecular weight is 327 g/mol. The van der Waals surface area contributed by atoms with Crippen LogP contribution in [-0.2, 0) is 21.1 Å². The molecule has 0 aliphatic carbocycles. The van der Waals surface area contributed by atoms with E-state index < -0.39 is 21.5 Å². The number of aromatic amines is 1. The number of hydrogen-bond donors (Lipinski definition) is 2. The zero-order chi connectivity index (χ0) is 15.5. The lowest BCUT2D eigenvalue weighted by molar-refractivity contribution is -0.119. The number of hydrogen-bond acceptors (Lipinski definition) is 5. The Morgan fingerprint density at radius 2 is 2.29 bits per heavy atom. The molecule has 2 heterocycles. The number of sulfone groups is 1. The molecule has 0 saturated heterocycles. The van der Waals surface area contributed by atoms with Crippen LogP contribution >= 0.6 is 11.3 Å². The molecule has 0 spiro atoms. The second kappa shape index (κ2) is 6.40. The van der Waals surface area contributed by atoms with Gasteiger partial charge in [0.1, 0.15) is 5.75 Å². The van der Waals surface area contributed by atoms with E-state index in [-0.39, 0.29) is 11.2 Å². The van der Waals surface area contributed by atoms with Crippen molar-refractivity contribution in [2.45, 2.75) is 31.5 Å². The van der Waals surface area contributed by atoms with Gasteiger partial charge in [0.15, 0.2) is 0 Å². The van der Waals surface area contributed by atoms with Crippen molar-refractivity contribution in [2.24, 2.45) is 0 Å². The minimum Gasteiger partial charge on any atom is -0.348 e. The average Bonchev–Trinajstić information content (AvgIpc) is 3.09. The molecule has 1 amide bonds. The first-order chi connectivity index (χ1) is 9.92. The topological polar surface area (TPSA) is 91.9 Å². The second-order valence-corrected chi connectivity index (χ2v) is 7.51. The van der Waals surface area contributed by atoms with E-state index in [0.717, 1.165) is 10.6 Å². The summed E-state index contributed by atoms with van der Waals surface area (Å²) in [6.07, 6.45) is 2.13. The number of aryl methyl sites for hydroxylation is 1. The standard InChI is InChI=1S/C13H17N3O3S2/c1-3-10-7-14-13(16-10)21(18,19)8-12(17)15-9(2)11-5-4-6-20-11/h4-7,9H,3,8H2,1-2H3,(H,14,16)(H,15,17)/t9-/m0/s1. The molecule has 2 aromatic rings. The molecule has 0 saturated carbocycles. The smallest absolute Gasteiger partial charge is 0.236 e. The summed E-state index contributed by atoms with van der Waals surface area (Å²) in [6, 6.07) is 3.56. The number of imidazole rings is 1. The Morgan fingerprint density at radius 3 is 2.86 bits per heavy atom. The Balaban J connectivity index is 2.01. The predicted molar refractivity (Wildman–Crippen MR) is 80.9 cm³/mol. The summed E-state index contributed by atoms with van der Waals surface area (Å²) in [5.74, 6) is -1.15. The first-order valence-electron chi connectivity index (χ1n) is 6.51. The van der Waals surface area contributed by atoms with Crippen molar-refractivity contribution in [3.8, 4) is 0 Å². The summed E-state index contributed by atoms with van der Waals surface area (Å²) in [7, 11) is -3.74. The van der Waals surface area contributed by atoms with Crippen LogP contribution in [0, 0.1) is 0 Å². The van der Waals surface area contributed by atoms with Gasteiger partial charge < -0.3 is 10.3 Å². The molecule has 2 aromatic heterocycles. The summed E-state index contributed by atoms with van der Waals surface area (Å²) in [6.45, 7) is 3.71. The summed E-state index contributed by atoms with van der Waals surface area (Å²) in [5.41, 5.74) is 0.723. The van der Waals surface area contributed by atoms with Crippen molar-refractivity contribution < 1.29 is 13.2 Å². The molecule has 2 N–H and O–H groups in total. The lowest BCUT2D eigenvalue weighted by atomic mass is 10.3. The quantitative estimate of drug-likeness (QED) is 0.844. The zero-order valence-corrected chi connectivity index (χ0v) is 13.4. The number of nitrogens with zero attached hydrogens (tertiary/aromatic N) is 1. The van der Waals surface area contributed by atoms with E-state index in [1.165, 1.54) is 17.5 Å². The number of rotatable bonds is 6. The van der Waals surface area contributed by atoms with E-state index in [1.807, 2.05) is 31.4 Å². The number of thiophene rings is 1. The highest BCUT2D eigenvalue weighted by atomic mass is 32.2. The van der Waals surface area contributed by atoms with Gasteiger partial charge in [-0.15, -0.1) is 11.3 Å². The molecule has 0 fully saturated rings. The van der Waals surface area contributed by atoms with Crippen LogP contribution in [0.1, 0.15) is 30.5 Å². The third-order valence-corrected chi connectivity index (χ3v) is 5.44. The number of nitrogens with one attached hydrogen (secondary N) is 2. The Morgan fingerprint density at radius 1 is 1.52 bits per heavy atom. The van der Waals surface area contributed by atoms with Crippen LogP contribution in [0.2, 0.25) is 0 Å². The van der Waals surface area contributed by atoms with Gasteiger partial charge >= 0.3 is 0 Å². The fourth-order valence-corrected chi connectivity index (χ4v) is 3.61. The molecule has 2 rings (SSSR count). The molecule has 6 nitrogen and oxygen atoms in total. The van der Waals surface area contributed by atoms with E-state index in [0.29, 0.717) is 6.42 Å². The lowest BCUT2D eigenvalue weighted by Crippen LogP contribution is -2.32. The van der Waals surface area contributed by atoms with Crippen LogP contribution in [0.3, 0.4) is 0 Å². The first kappa shape index (κ1) is 15.7. The Hall–Kier alpha value is -1.67. The van der Waals surface area contributed by atoms with Gasteiger partial charge in [-0.2, -0.15) is 0 Å². The van der Waals surface area contributed by atoms with Gasteiger partial charge in [0, 0.05) is 16.8 Å². The van der Waals surface area contributed by atoms with E-state index in [1.54, 1.807) is 0 Å². The number of carbonyl (C=O) groups is 1. The largest absolute Gasteiger partial charge is 0.348 e. The maximum atomic E-state index is 12.1. The van der Waals surface area contributed by atoms with E-state index in [9.17, 15) is 13.2 Å². The molecule has 0 aliphatic rings. The van der Waals surface area contributed by atoms with Crippen molar-refractivity contribution in [3.63, 3.8) is 0 Å². The monoisotopic (exact) mass is 327 g/mol. The maximum Gasteiger partial charge on any atom is 0.236 e. The highest BCUT2D eigenvalue weighted by Gasteiger charge is 2.23. The normalized spacial score (nSPS) is 13.0. The van der Waals surface area contributed by atoms with Crippen LogP contribution in [-0.4, -0.2) is 30.0 Å². The third-order valence-electron chi connectivity index (χ3n) is 2.95. The Kier molecular flexibility index (Phi) is 4.79. The van der Waals surface area contributed by atoms with Crippen molar-refractivity contribution in [1.29, 1.82) is 0 Å². The van der Waals surface area contributed by atoms with Crippen LogP contribution in [0.15, 0.2) is 28.9 Å². The Bertz CT molecular complexity index is 705.